The fourth-order valence-corrected chi connectivity index (χ4v) is 9.98. The Labute approximate surface area is 463 Å². The third-order valence-corrected chi connectivity index (χ3v) is 14.9. The maximum atomic E-state index is 12.7. The number of allylic oxidation sites excluding steroid dienone is 10. The van der Waals surface area contributed by atoms with Crippen molar-refractivity contribution in [1.82, 2.24) is 0 Å². The van der Waals surface area contributed by atoms with Crippen LogP contribution in [0.3, 0.4) is 0 Å². The van der Waals surface area contributed by atoms with Crippen molar-refractivity contribution in [2.45, 2.75) is 315 Å². The highest BCUT2D eigenvalue weighted by Gasteiger charge is 2.26. The molecule has 0 aliphatic rings. The average molecular weight is 1070 g/mol. The van der Waals surface area contributed by atoms with E-state index in [0.29, 0.717) is 6.42 Å². The van der Waals surface area contributed by atoms with Crippen LogP contribution in [0.1, 0.15) is 309 Å². The second-order valence-electron chi connectivity index (χ2n) is 21.2. The Kier molecular flexibility index (Phi) is 59.1. The van der Waals surface area contributed by atoms with Crippen molar-refractivity contribution in [3.63, 3.8) is 0 Å². The summed E-state index contributed by atoms with van der Waals surface area (Å²) in [6.45, 7) is 3.66. The molecule has 438 valence electrons. The Morgan fingerprint density at radius 3 is 1.11 bits per heavy atom. The molecule has 3 N–H and O–H groups in total. The lowest BCUT2D eigenvalue weighted by molar-refractivity contribution is -0.161. The Hall–Kier alpha value is -2.29. The molecule has 0 amide bonds. The summed E-state index contributed by atoms with van der Waals surface area (Å²) in [7, 11) is -4.39. The van der Waals surface area contributed by atoms with Gasteiger partial charge in [-0.15, -0.1) is 0 Å². The first-order valence-electron chi connectivity index (χ1n) is 31.8. The molecule has 10 heteroatoms. The van der Waals surface area contributed by atoms with E-state index in [-0.39, 0.29) is 38.6 Å². The minimum absolute atomic E-state index is 0.0511. The van der Waals surface area contributed by atoms with E-state index in [1.165, 1.54) is 205 Å². The summed E-state index contributed by atoms with van der Waals surface area (Å²) < 4.78 is 33.1. The number of hydrogen-bond acceptors (Lipinski definition) is 8. The Bertz CT molecular complexity index is 1410. The van der Waals surface area contributed by atoms with Gasteiger partial charge in [0.05, 0.1) is 13.2 Å². The molecular weight excluding hydrogens is 954 g/mol. The highest BCUT2D eigenvalue weighted by Crippen LogP contribution is 2.43. The minimum Gasteiger partial charge on any atom is -0.462 e. The lowest BCUT2D eigenvalue weighted by atomic mass is 10.0. The molecule has 0 aliphatic carbocycles. The van der Waals surface area contributed by atoms with Crippen LogP contribution in [0.25, 0.3) is 0 Å². The van der Waals surface area contributed by atoms with E-state index in [0.717, 1.165) is 70.6 Å². The summed E-state index contributed by atoms with van der Waals surface area (Å²) >= 11 is 0. The van der Waals surface area contributed by atoms with Gasteiger partial charge in [-0.2, -0.15) is 0 Å². The Balaban J connectivity index is 3.86. The second kappa shape index (κ2) is 60.9. The van der Waals surface area contributed by atoms with Crippen molar-refractivity contribution in [2.75, 3.05) is 26.4 Å². The molecule has 0 radical (unpaired) electrons. The van der Waals surface area contributed by atoms with E-state index in [4.69, 9.17) is 24.3 Å². The SMILES string of the molecule is CC/C=C\C/C=C\C/C=C\C/C=C\CCCCCCCCCCC(=O)OC(COC(=O)CCCCCCCCCCCCCCCCCCCCCCC/C=C\CCCCCCCCCC)COP(=O)(O)OCCN. The molecule has 75 heavy (non-hydrogen) atoms. The zero-order valence-electron chi connectivity index (χ0n) is 49.0. The molecule has 0 saturated heterocycles. The van der Waals surface area contributed by atoms with E-state index in [1.807, 2.05) is 0 Å². The Morgan fingerprint density at radius 1 is 0.413 bits per heavy atom. The van der Waals surface area contributed by atoms with Gasteiger partial charge in [0.25, 0.3) is 0 Å². The monoisotopic (exact) mass is 1070 g/mol. The quantitative estimate of drug-likeness (QED) is 0.0264. The normalized spacial score (nSPS) is 13.4. The number of phosphoric ester groups is 1. The van der Waals surface area contributed by atoms with Gasteiger partial charge in [-0.05, 0) is 77.0 Å². The lowest BCUT2D eigenvalue weighted by Gasteiger charge is -2.19. The van der Waals surface area contributed by atoms with E-state index in [9.17, 15) is 19.0 Å². The summed E-state index contributed by atoms with van der Waals surface area (Å²) in [5.74, 6) is -0.826. The van der Waals surface area contributed by atoms with Crippen molar-refractivity contribution in [3.05, 3.63) is 60.8 Å². The third-order valence-electron chi connectivity index (χ3n) is 13.9. The average Bonchev–Trinajstić information content (AvgIpc) is 3.40. The smallest absolute Gasteiger partial charge is 0.462 e. The Morgan fingerprint density at radius 2 is 0.733 bits per heavy atom. The summed E-state index contributed by atoms with van der Waals surface area (Å²) in [6.07, 6.45) is 77.3. The van der Waals surface area contributed by atoms with Crippen LogP contribution in [0.2, 0.25) is 0 Å². The van der Waals surface area contributed by atoms with Crippen LogP contribution < -0.4 is 5.73 Å². The van der Waals surface area contributed by atoms with Crippen LogP contribution in [0.4, 0.5) is 0 Å². The van der Waals surface area contributed by atoms with E-state index in [1.54, 1.807) is 0 Å². The molecule has 0 bridgehead atoms. The van der Waals surface area contributed by atoms with Crippen LogP contribution in [-0.2, 0) is 32.7 Å². The van der Waals surface area contributed by atoms with Crippen LogP contribution in [0.15, 0.2) is 60.8 Å². The van der Waals surface area contributed by atoms with Crippen molar-refractivity contribution >= 4 is 19.8 Å². The van der Waals surface area contributed by atoms with Gasteiger partial charge >= 0.3 is 19.8 Å². The van der Waals surface area contributed by atoms with Gasteiger partial charge in [0.15, 0.2) is 6.10 Å². The first-order valence-corrected chi connectivity index (χ1v) is 33.3. The molecule has 0 aromatic rings. The van der Waals surface area contributed by atoms with Crippen LogP contribution >= 0.6 is 7.82 Å². The molecular formula is C65H120NO8P. The van der Waals surface area contributed by atoms with Crippen molar-refractivity contribution in [1.29, 1.82) is 0 Å². The molecule has 0 fully saturated rings. The molecule has 0 aromatic carbocycles. The zero-order valence-corrected chi connectivity index (χ0v) is 49.9. The highest BCUT2D eigenvalue weighted by atomic mass is 31.2. The predicted octanol–water partition coefficient (Wildman–Crippen LogP) is 20.3. The molecule has 2 atom stereocenters. The van der Waals surface area contributed by atoms with Gasteiger partial charge in [-0.1, -0.05) is 280 Å². The number of nitrogens with two attached hydrogens (primary N) is 1. The number of carbonyl (C=O) groups is 2. The summed E-state index contributed by atoms with van der Waals surface area (Å²) in [4.78, 5) is 35.2. The third kappa shape index (κ3) is 60.8. The molecule has 9 nitrogen and oxygen atoms in total. The van der Waals surface area contributed by atoms with Crippen molar-refractivity contribution in [3.8, 4) is 0 Å². The zero-order chi connectivity index (χ0) is 54.5. The number of rotatable bonds is 60. The van der Waals surface area contributed by atoms with Crippen LogP contribution in [0.5, 0.6) is 0 Å². The number of carbonyl (C=O) groups excluding carboxylic acids is 2. The van der Waals surface area contributed by atoms with E-state index < -0.39 is 26.5 Å². The van der Waals surface area contributed by atoms with Crippen LogP contribution in [-0.4, -0.2) is 49.3 Å². The van der Waals surface area contributed by atoms with Gasteiger partial charge in [0, 0.05) is 19.4 Å². The fraction of sp³-hybridized carbons (Fsp3) is 0.815. The highest BCUT2D eigenvalue weighted by molar-refractivity contribution is 7.47. The predicted molar refractivity (Wildman–Crippen MR) is 321 cm³/mol. The van der Waals surface area contributed by atoms with Gasteiger partial charge < -0.3 is 20.1 Å². The molecule has 0 aliphatic heterocycles. The molecule has 0 heterocycles. The molecule has 0 spiro atoms. The lowest BCUT2D eigenvalue weighted by Crippen LogP contribution is -2.29. The van der Waals surface area contributed by atoms with Crippen LogP contribution in [0, 0.1) is 0 Å². The first kappa shape index (κ1) is 72.7. The first-order chi connectivity index (χ1) is 36.8. The van der Waals surface area contributed by atoms with Gasteiger partial charge in [0.2, 0.25) is 0 Å². The standard InChI is InChI=1S/C65H120NO8P/c1-3-5-7-9-11-13-15-17-19-21-23-25-26-27-28-29-30-31-32-33-34-35-36-38-39-41-43-45-47-49-51-53-55-57-64(67)71-61-63(62-73-75(69,70)72-60-59-66)74-65(68)58-56-54-52-50-48-46-44-42-40-37-24-22-20-18-16-14-12-10-8-6-4-2/h6,8,12,14,18,20-21,23-24,37,63H,3-5,7,9-11,13,15-17,19,22,25-36,38-62,66H2,1-2H3,(H,69,70)/b8-6-,14-12-,20-18-,23-21-,37-24-. The topological polar surface area (TPSA) is 134 Å². The van der Waals surface area contributed by atoms with E-state index in [2.05, 4.69) is 74.6 Å². The maximum Gasteiger partial charge on any atom is 0.472 e. The largest absolute Gasteiger partial charge is 0.472 e. The van der Waals surface area contributed by atoms with Gasteiger partial charge in [-0.3, -0.25) is 18.6 Å². The summed E-state index contributed by atoms with van der Waals surface area (Å²) in [6, 6.07) is 0. The maximum absolute atomic E-state index is 12.7. The number of phosphoric acid groups is 1. The summed E-state index contributed by atoms with van der Waals surface area (Å²) in [5, 5.41) is 0. The molecule has 2 unspecified atom stereocenters. The number of ether oxygens (including phenoxy) is 2. The summed E-state index contributed by atoms with van der Waals surface area (Å²) in [5.41, 5.74) is 5.39. The molecule has 0 saturated carbocycles. The molecule has 0 aromatic heterocycles. The molecule has 0 rings (SSSR count). The fourth-order valence-electron chi connectivity index (χ4n) is 9.21. The number of esters is 2. The second-order valence-corrected chi connectivity index (χ2v) is 22.7. The number of hydrogen-bond donors (Lipinski definition) is 2. The van der Waals surface area contributed by atoms with E-state index >= 15 is 0 Å². The number of unbranched alkanes of at least 4 members (excludes halogenated alkanes) is 37. The van der Waals surface area contributed by atoms with Crippen molar-refractivity contribution < 1.29 is 37.6 Å². The van der Waals surface area contributed by atoms with Gasteiger partial charge in [0.1, 0.15) is 6.61 Å². The van der Waals surface area contributed by atoms with Gasteiger partial charge in [-0.25, -0.2) is 4.57 Å². The van der Waals surface area contributed by atoms with Crippen molar-refractivity contribution in [2.24, 2.45) is 5.73 Å². The minimum atomic E-state index is -4.39.